The van der Waals surface area contributed by atoms with E-state index in [-0.39, 0.29) is 24.1 Å². The van der Waals surface area contributed by atoms with Crippen LogP contribution in [0.1, 0.15) is 13.8 Å². The molecule has 1 heterocycles. The first kappa shape index (κ1) is 14.1. The molecule has 0 radical (unpaired) electrons. The predicted molar refractivity (Wildman–Crippen MR) is 67.8 cm³/mol. The van der Waals surface area contributed by atoms with Crippen LogP contribution in [0.4, 0.5) is 17.5 Å². The molecular weight excluding hydrogens is 238 g/mol. The normalized spacial score (nSPS) is 11.2. The van der Waals surface area contributed by atoms with Gasteiger partial charge in [-0.1, -0.05) is 0 Å². The lowest BCUT2D eigenvalue weighted by Gasteiger charge is -2.34. The molecule has 0 aliphatic carbocycles. The van der Waals surface area contributed by atoms with Gasteiger partial charge in [0.15, 0.2) is 0 Å². The fraction of sp³-hybridized carbons (Fsp3) is 0.600. The maximum Gasteiger partial charge on any atom is 0.329 e. The van der Waals surface area contributed by atoms with Gasteiger partial charge >= 0.3 is 5.69 Å². The van der Waals surface area contributed by atoms with Crippen LogP contribution in [0.3, 0.4) is 0 Å². The Morgan fingerprint density at radius 1 is 1.61 bits per heavy atom. The molecule has 0 atom stereocenters. The van der Waals surface area contributed by atoms with Gasteiger partial charge in [0.1, 0.15) is 6.20 Å². The highest BCUT2D eigenvalue weighted by atomic mass is 16.6. The minimum Gasteiger partial charge on any atom is -0.394 e. The van der Waals surface area contributed by atoms with Crippen molar-refractivity contribution in [2.24, 2.45) is 0 Å². The monoisotopic (exact) mass is 255 g/mol. The zero-order valence-corrected chi connectivity index (χ0v) is 10.8. The van der Waals surface area contributed by atoms with Crippen LogP contribution in [0.25, 0.3) is 0 Å². The highest BCUT2D eigenvalue weighted by molar-refractivity contribution is 5.59. The smallest absolute Gasteiger partial charge is 0.329 e. The Morgan fingerprint density at radius 3 is 2.67 bits per heavy atom. The third kappa shape index (κ3) is 2.65. The molecular formula is C10H17N5O3. The first-order chi connectivity index (χ1) is 8.33. The van der Waals surface area contributed by atoms with Crippen LogP contribution in [-0.4, -0.2) is 46.2 Å². The Balaban J connectivity index is 3.31. The van der Waals surface area contributed by atoms with E-state index in [0.29, 0.717) is 0 Å². The summed E-state index contributed by atoms with van der Waals surface area (Å²) in [6.45, 7) is 3.37. The van der Waals surface area contributed by atoms with E-state index in [2.05, 4.69) is 15.3 Å². The summed E-state index contributed by atoms with van der Waals surface area (Å²) in [6, 6.07) is 0. The molecule has 0 amide bonds. The summed E-state index contributed by atoms with van der Waals surface area (Å²) in [5, 5.41) is 23.0. The Bertz CT molecular complexity index is 449. The Labute approximate surface area is 105 Å². The number of rotatable bonds is 5. The maximum atomic E-state index is 11.0. The van der Waals surface area contributed by atoms with Crippen molar-refractivity contribution >= 4 is 17.5 Å². The van der Waals surface area contributed by atoms with Crippen molar-refractivity contribution in [1.29, 1.82) is 0 Å². The number of nitrogens with zero attached hydrogens (tertiary/aromatic N) is 4. The van der Waals surface area contributed by atoms with Gasteiger partial charge in [0, 0.05) is 14.1 Å². The molecule has 8 heteroatoms. The standard InChI is InChI=1S/C10H17N5O3/c1-10(2,6-16)14(4)8-7(15(17)18)5-12-9(11-3)13-8/h5,16H,6H2,1-4H3,(H,11,12,13). The fourth-order valence-corrected chi connectivity index (χ4v) is 1.26. The van der Waals surface area contributed by atoms with Crippen molar-refractivity contribution in [3.63, 3.8) is 0 Å². The van der Waals surface area contributed by atoms with Crippen molar-refractivity contribution in [2.75, 3.05) is 30.9 Å². The Kier molecular flexibility index (Phi) is 4.02. The van der Waals surface area contributed by atoms with Gasteiger partial charge in [-0.05, 0) is 13.8 Å². The quantitative estimate of drug-likeness (QED) is 0.587. The summed E-state index contributed by atoms with van der Waals surface area (Å²) in [5.74, 6) is 0.453. The van der Waals surface area contributed by atoms with Gasteiger partial charge in [-0.25, -0.2) is 4.98 Å². The molecule has 0 saturated heterocycles. The van der Waals surface area contributed by atoms with Crippen molar-refractivity contribution in [3.05, 3.63) is 16.3 Å². The number of anilines is 2. The van der Waals surface area contributed by atoms with Gasteiger partial charge < -0.3 is 15.3 Å². The van der Waals surface area contributed by atoms with Crippen LogP contribution in [0, 0.1) is 10.1 Å². The van der Waals surface area contributed by atoms with Gasteiger partial charge in [0.05, 0.1) is 17.1 Å². The second-order valence-electron chi connectivity index (χ2n) is 4.44. The van der Waals surface area contributed by atoms with Crippen LogP contribution < -0.4 is 10.2 Å². The van der Waals surface area contributed by atoms with E-state index >= 15 is 0 Å². The van der Waals surface area contributed by atoms with E-state index in [4.69, 9.17) is 0 Å². The molecule has 0 aliphatic heterocycles. The third-order valence-electron chi connectivity index (χ3n) is 2.78. The van der Waals surface area contributed by atoms with Crippen molar-refractivity contribution in [2.45, 2.75) is 19.4 Å². The van der Waals surface area contributed by atoms with Crippen LogP contribution >= 0.6 is 0 Å². The van der Waals surface area contributed by atoms with Gasteiger partial charge in [-0.15, -0.1) is 0 Å². The second-order valence-corrected chi connectivity index (χ2v) is 4.44. The number of hydrogen-bond donors (Lipinski definition) is 2. The average Bonchev–Trinajstić information content (AvgIpc) is 2.36. The first-order valence-electron chi connectivity index (χ1n) is 5.37. The number of nitro groups is 1. The van der Waals surface area contributed by atoms with E-state index in [9.17, 15) is 15.2 Å². The molecule has 8 nitrogen and oxygen atoms in total. The van der Waals surface area contributed by atoms with Gasteiger partial charge in [-0.2, -0.15) is 4.98 Å². The summed E-state index contributed by atoms with van der Waals surface area (Å²) in [4.78, 5) is 19.9. The van der Waals surface area contributed by atoms with Gasteiger partial charge in [0.25, 0.3) is 0 Å². The number of aromatic nitrogens is 2. The van der Waals surface area contributed by atoms with E-state index in [1.54, 1.807) is 32.8 Å². The number of aliphatic hydroxyl groups excluding tert-OH is 1. The van der Waals surface area contributed by atoms with Crippen LogP contribution in [-0.2, 0) is 0 Å². The molecule has 0 fully saturated rings. The summed E-state index contributed by atoms with van der Waals surface area (Å²) in [5.41, 5.74) is -0.859. The van der Waals surface area contributed by atoms with Crippen molar-refractivity contribution in [1.82, 2.24) is 9.97 Å². The highest BCUT2D eigenvalue weighted by Gasteiger charge is 2.30. The van der Waals surface area contributed by atoms with Crippen LogP contribution in [0.5, 0.6) is 0 Å². The summed E-state index contributed by atoms with van der Waals surface area (Å²) in [6.07, 6.45) is 1.15. The molecule has 18 heavy (non-hydrogen) atoms. The fourth-order valence-electron chi connectivity index (χ4n) is 1.26. The lowest BCUT2D eigenvalue weighted by Crippen LogP contribution is -2.45. The molecule has 0 saturated carbocycles. The molecule has 0 bridgehead atoms. The van der Waals surface area contributed by atoms with Crippen molar-refractivity contribution in [3.8, 4) is 0 Å². The zero-order chi connectivity index (χ0) is 13.9. The highest BCUT2D eigenvalue weighted by Crippen LogP contribution is 2.29. The minimum absolute atomic E-state index is 0.153. The van der Waals surface area contributed by atoms with Crippen molar-refractivity contribution < 1.29 is 10.0 Å². The molecule has 1 rings (SSSR count). The number of likely N-dealkylation sites (N-methyl/N-ethyl adjacent to an activating group) is 1. The molecule has 0 unspecified atom stereocenters. The van der Waals surface area contributed by atoms with Gasteiger partial charge in [-0.3, -0.25) is 10.1 Å². The molecule has 1 aromatic heterocycles. The average molecular weight is 255 g/mol. The number of aliphatic hydroxyl groups is 1. The predicted octanol–water partition coefficient (Wildman–Crippen LogP) is 0.634. The maximum absolute atomic E-state index is 11.0. The summed E-state index contributed by atoms with van der Waals surface area (Å²) in [7, 11) is 3.27. The molecule has 0 aliphatic rings. The SMILES string of the molecule is CNc1ncc([N+](=O)[O-])c(N(C)C(C)(C)CO)n1. The zero-order valence-electron chi connectivity index (χ0n) is 10.8. The van der Waals surface area contributed by atoms with E-state index in [1.807, 2.05) is 0 Å². The first-order valence-corrected chi connectivity index (χ1v) is 5.37. The second kappa shape index (κ2) is 5.13. The molecule has 1 aromatic rings. The lowest BCUT2D eigenvalue weighted by atomic mass is 10.1. The summed E-state index contributed by atoms with van der Waals surface area (Å²) < 4.78 is 0. The largest absolute Gasteiger partial charge is 0.394 e. The number of hydrogen-bond acceptors (Lipinski definition) is 7. The molecule has 0 spiro atoms. The van der Waals surface area contributed by atoms with E-state index < -0.39 is 10.5 Å². The van der Waals surface area contributed by atoms with Gasteiger partial charge in [0.2, 0.25) is 11.8 Å². The Hall–Kier alpha value is -1.96. The third-order valence-corrected chi connectivity index (χ3v) is 2.78. The summed E-state index contributed by atoms with van der Waals surface area (Å²) >= 11 is 0. The molecule has 2 N–H and O–H groups in total. The molecule has 100 valence electrons. The minimum atomic E-state index is -0.663. The molecule has 0 aromatic carbocycles. The Morgan fingerprint density at radius 2 is 2.22 bits per heavy atom. The van der Waals surface area contributed by atoms with E-state index in [0.717, 1.165) is 6.20 Å². The topological polar surface area (TPSA) is 104 Å². The van der Waals surface area contributed by atoms with E-state index in [1.165, 1.54) is 0 Å². The van der Waals surface area contributed by atoms with Crippen LogP contribution in [0.2, 0.25) is 0 Å². The lowest BCUT2D eigenvalue weighted by molar-refractivity contribution is -0.384. The van der Waals surface area contributed by atoms with Crippen LogP contribution in [0.15, 0.2) is 6.20 Å². The number of nitrogens with one attached hydrogen (secondary N) is 1.